The molecule has 0 atom stereocenters. The van der Waals surface area contributed by atoms with Crippen LogP contribution in [0.3, 0.4) is 0 Å². The van der Waals surface area contributed by atoms with Gasteiger partial charge < -0.3 is 10.8 Å². The zero-order valence-electron chi connectivity index (χ0n) is 10.1. The highest BCUT2D eigenvalue weighted by Crippen LogP contribution is 2.17. The Hall–Kier alpha value is -2.13. The van der Waals surface area contributed by atoms with Gasteiger partial charge in [0.1, 0.15) is 0 Å². The Balaban J connectivity index is 0.000000232. The van der Waals surface area contributed by atoms with Gasteiger partial charge in [0.25, 0.3) is 0 Å². The summed E-state index contributed by atoms with van der Waals surface area (Å²) in [4.78, 5) is 9.52. The second-order valence-electron chi connectivity index (χ2n) is 3.66. The van der Waals surface area contributed by atoms with Crippen LogP contribution >= 0.6 is 0 Å². The van der Waals surface area contributed by atoms with Crippen LogP contribution in [0.5, 0.6) is 0 Å². The number of hydrogen-bond acceptors (Lipinski definition) is 2. The van der Waals surface area contributed by atoms with Crippen molar-refractivity contribution in [3.8, 4) is 11.1 Å². The first-order chi connectivity index (χ1) is 8.74. The molecule has 0 amide bonds. The van der Waals surface area contributed by atoms with Crippen LogP contribution in [0, 0.1) is 0 Å². The highest BCUT2D eigenvalue weighted by atomic mass is 16.4. The minimum Gasteiger partial charge on any atom is -0.481 e. The molecule has 0 bridgehead atoms. The van der Waals surface area contributed by atoms with Crippen molar-refractivity contribution in [3.05, 3.63) is 60.7 Å². The molecule has 0 aliphatic rings. The topological polar surface area (TPSA) is 63.3 Å². The van der Waals surface area contributed by atoms with Gasteiger partial charge in [-0.2, -0.15) is 0 Å². The number of hydrogen-bond donors (Lipinski definition) is 2. The Labute approximate surface area is 107 Å². The summed E-state index contributed by atoms with van der Waals surface area (Å²) in [6.45, 7) is 0.231. The largest absolute Gasteiger partial charge is 0.481 e. The molecule has 0 aliphatic heterocycles. The molecule has 3 N–H and O–H groups in total. The van der Waals surface area contributed by atoms with Crippen LogP contribution in [-0.2, 0) is 4.79 Å². The van der Waals surface area contributed by atoms with E-state index in [2.05, 4.69) is 48.5 Å². The molecule has 0 radical (unpaired) electrons. The minimum atomic E-state index is -0.836. The number of carboxylic acid groups (broad SMARTS) is 1. The van der Waals surface area contributed by atoms with Gasteiger partial charge in [0.2, 0.25) is 0 Å². The Morgan fingerprint density at radius 1 is 0.889 bits per heavy atom. The summed E-state index contributed by atoms with van der Waals surface area (Å²) in [6.07, 6.45) is 0.0694. The number of benzene rings is 2. The normalized spacial score (nSPS) is 9.17. The smallest absolute Gasteiger partial charge is 0.304 e. The number of rotatable bonds is 3. The van der Waals surface area contributed by atoms with Gasteiger partial charge in [-0.1, -0.05) is 60.7 Å². The zero-order chi connectivity index (χ0) is 13.2. The summed E-state index contributed by atoms with van der Waals surface area (Å²) in [5, 5.41) is 7.83. The lowest BCUT2D eigenvalue weighted by Gasteiger charge is -1.98. The molecule has 0 spiro atoms. The molecule has 0 aromatic heterocycles. The van der Waals surface area contributed by atoms with Crippen molar-refractivity contribution < 1.29 is 9.90 Å². The maximum Gasteiger partial charge on any atom is 0.304 e. The third-order valence-corrected chi connectivity index (χ3v) is 2.24. The van der Waals surface area contributed by atoms with Gasteiger partial charge in [-0.3, -0.25) is 4.79 Å². The van der Waals surface area contributed by atoms with E-state index in [1.807, 2.05) is 12.1 Å². The van der Waals surface area contributed by atoms with Crippen molar-refractivity contribution in [3.63, 3.8) is 0 Å². The number of nitrogens with two attached hydrogens (primary N) is 1. The van der Waals surface area contributed by atoms with Crippen LogP contribution in [0.25, 0.3) is 11.1 Å². The summed E-state index contributed by atoms with van der Waals surface area (Å²) >= 11 is 0. The second-order valence-corrected chi connectivity index (χ2v) is 3.66. The lowest BCUT2D eigenvalue weighted by atomic mass is 10.1. The fraction of sp³-hybridized carbons (Fsp3) is 0.133. The van der Waals surface area contributed by atoms with Crippen molar-refractivity contribution in [2.45, 2.75) is 6.42 Å². The van der Waals surface area contributed by atoms with Gasteiger partial charge >= 0.3 is 5.97 Å². The van der Waals surface area contributed by atoms with Gasteiger partial charge in [-0.25, -0.2) is 0 Å². The first-order valence-electron chi connectivity index (χ1n) is 5.76. The van der Waals surface area contributed by atoms with E-state index < -0.39 is 5.97 Å². The van der Waals surface area contributed by atoms with Crippen molar-refractivity contribution in [1.82, 2.24) is 0 Å². The number of aliphatic carboxylic acids is 1. The molecule has 18 heavy (non-hydrogen) atoms. The maximum atomic E-state index is 9.52. The summed E-state index contributed by atoms with van der Waals surface area (Å²) in [5.41, 5.74) is 7.40. The van der Waals surface area contributed by atoms with Gasteiger partial charge in [0.05, 0.1) is 6.42 Å². The molecule has 0 aliphatic carbocycles. The summed E-state index contributed by atoms with van der Waals surface area (Å²) in [5.74, 6) is -0.836. The standard InChI is InChI=1S/C12H10.C3H7NO2/c1-3-7-11(8-4-1)12-9-5-2-6-10-12;4-2-1-3(5)6/h1-10H;1-2,4H2,(H,5,6). The molecule has 0 unspecified atom stereocenters. The molecule has 3 heteroatoms. The predicted molar refractivity (Wildman–Crippen MR) is 73.2 cm³/mol. The van der Waals surface area contributed by atoms with E-state index in [9.17, 15) is 4.79 Å². The van der Waals surface area contributed by atoms with Crippen molar-refractivity contribution in [1.29, 1.82) is 0 Å². The molecule has 0 heterocycles. The van der Waals surface area contributed by atoms with Crippen LogP contribution in [0.4, 0.5) is 0 Å². The molecule has 2 aromatic rings. The van der Waals surface area contributed by atoms with Gasteiger partial charge in [0, 0.05) is 6.54 Å². The average Bonchev–Trinajstić information content (AvgIpc) is 2.41. The summed E-state index contributed by atoms with van der Waals surface area (Å²) in [6, 6.07) is 20.8. The molecule has 2 rings (SSSR count). The first-order valence-corrected chi connectivity index (χ1v) is 5.76. The van der Waals surface area contributed by atoms with E-state index in [1.54, 1.807) is 0 Å². The van der Waals surface area contributed by atoms with Crippen molar-refractivity contribution >= 4 is 5.97 Å². The van der Waals surface area contributed by atoms with Gasteiger partial charge in [0.15, 0.2) is 0 Å². The molecule has 0 saturated heterocycles. The molecule has 3 nitrogen and oxygen atoms in total. The van der Waals surface area contributed by atoms with E-state index in [-0.39, 0.29) is 13.0 Å². The second kappa shape index (κ2) is 8.03. The van der Waals surface area contributed by atoms with E-state index in [0.29, 0.717) is 0 Å². The van der Waals surface area contributed by atoms with Crippen LogP contribution in [0.2, 0.25) is 0 Å². The summed E-state index contributed by atoms with van der Waals surface area (Å²) < 4.78 is 0. The van der Waals surface area contributed by atoms with Crippen LogP contribution in [-0.4, -0.2) is 17.6 Å². The third-order valence-electron chi connectivity index (χ3n) is 2.24. The fourth-order valence-corrected chi connectivity index (χ4v) is 1.38. The fourth-order valence-electron chi connectivity index (χ4n) is 1.38. The Morgan fingerprint density at radius 3 is 1.50 bits per heavy atom. The molecule has 0 saturated carbocycles. The molecule has 0 fully saturated rings. The number of carboxylic acids is 1. The molecule has 94 valence electrons. The number of carbonyl (C=O) groups is 1. The molecular weight excluding hydrogens is 226 g/mol. The lowest BCUT2D eigenvalue weighted by Crippen LogP contribution is -2.05. The van der Waals surface area contributed by atoms with E-state index >= 15 is 0 Å². The van der Waals surface area contributed by atoms with Gasteiger partial charge in [-0.05, 0) is 11.1 Å². The van der Waals surface area contributed by atoms with Crippen LogP contribution in [0.1, 0.15) is 6.42 Å². The van der Waals surface area contributed by atoms with E-state index in [4.69, 9.17) is 10.8 Å². The van der Waals surface area contributed by atoms with Crippen LogP contribution in [0.15, 0.2) is 60.7 Å². The van der Waals surface area contributed by atoms with E-state index in [1.165, 1.54) is 11.1 Å². The monoisotopic (exact) mass is 243 g/mol. The molecule has 2 aromatic carbocycles. The van der Waals surface area contributed by atoms with Crippen molar-refractivity contribution in [2.75, 3.05) is 6.54 Å². The average molecular weight is 243 g/mol. The zero-order valence-corrected chi connectivity index (χ0v) is 10.1. The Bertz CT molecular complexity index is 417. The Morgan fingerprint density at radius 2 is 1.28 bits per heavy atom. The SMILES string of the molecule is NCCC(=O)O.c1ccc(-c2ccccc2)cc1. The van der Waals surface area contributed by atoms with E-state index in [0.717, 1.165) is 0 Å². The first kappa shape index (κ1) is 13.9. The van der Waals surface area contributed by atoms with Crippen molar-refractivity contribution in [2.24, 2.45) is 5.73 Å². The predicted octanol–water partition coefficient (Wildman–Crippen LogP) is 2.77. The molecular formula is C15H17NO2. The summed E-state index contributed by atoms with van der Waals surface area (Å²) in [7, 11) is 0. The quantitative estimate of drug-likeness (QED) is 0.871. The third kappa shape index (κ3) is 5.27. The highest BCUT2D eigenvalue weighted by Gasteiger charge is 1.91. The maximum absolute atomic E-state index is 9.52. The highest BCUT2D eigenvalue weighted by molar-refractivity contribution is 5.66. The minimum absolute atomic E-state index is 0.0694. The lowest BCUT2D eigenvalue weighted by molar-refractivity contribution is -0.136. The van der Waals surface area contributed by atoms with Gasteiger partial charge in [-0.15, -0.1) is 0 Å². The Kier molecular flexibility index (Phi) is 6.22. The van der Waals surface area contributed by atoms with Crippen LogP contribution < -0.4 is 5.73 Å².